The van der Waals surface area contributed by atoms with Crippen LogP contribution in [-0.4, -0.2) is 18.0 Å². The van der Waals surface area contributed by atoms with Gasteiger partial charge in [0.25, 0.3) is 0 Å². The highest BCUT2D eigenvalue weighted by Gasteiger charge is 2.04. The van der Waals surface area contributed by atoms with Crippen LogP contribution in [-0.2, 0) is 0 Å². The summed E-state index contributed by atoms with van der Waals surface area (Å²) >= 11 is 0. The Morgan fingerprint density at radius 3 is 3.00 bits per heavy atom. The smallest absolute Gasteiger partial charge is 0.0472 e. The van der Waals surface area contributed by atoms with Gasteiger partial charge in [-0.15, -0.1) is 0 Å². The van der Waals surface area contributed by atoms with Crippen LogP contribution in [0.4, 0.5) is 0 Å². The lowest BCUT2D eigenvalue weighted by molar-refractivity contribution is 0.509. The Labute approximate surface area is 62.7 Å². The van der Waals surface area contributed by atoms with Gasteiger partial charge in [0.1, 0.15) is 0 Å². The van der Waals surface area contributed by atoms with Gasteiger partial charge in [-0.05, 0) is 6.92 Å². The standard InChI is InChI=1S/C9H13N/c1-3-4-6-10-7-5-9(2)8-10/h5H,3,7-8H2,1-2H3. The van der Waals surface area contributed by atoms with E-state index in [1.165, 1.54) is 5.57 Å². The minimum absolute atomic E-state index is 0.954. The molecule has 1 heteroatoms. The van der Waals surface area contributed by atoms with Crippen molar-refractivity contribution in [3.63, 3.8) is 0 Å². The molecule has 0 fully saturated rings. The number of hydrogen-bond acceptors (Lipinski definition) is 1. The quantitative estimate of drug-likeness (QED) is 0.360. The van der Waals surface area contributed by atoms with Crippen LogP contribution in [0.1, 0.15) is 20.3 Å². The highest BCUT2D eigenvalue weighted by Crippen LogP contribution is 2.05. The Morgan fingerprint density at radius 1 is 1.70 bits per heavy atom. The number of hydrogen-bond donors (Lipinski definition) is 0. The average molecular weight is 135 g/mol. The molecule has 0 atom stereocenters. The number of rotatable bonds is 0. The van der Waals surface area contributed by atoms with Gasteiger partial charge >= 0.3 is 0 Å². The zero-order chi connectivity index (χ0) is 7.40. The van der Waals surface area contributed by atoms with Crippen LogP contribution in [0.25, 0.3) is 0 Å². The molecule has 0 spiro atoms. The summed E-state index contributed by atoms with van der Waals surface area (Å²) in [5.41, 5.74) is 1.44. The minimum Gasteiger partial charge on any atom is -0.325 e. The summed E-state index contributed by atoms with van der Waals surface area (Å²) in [5.74, 6) is 3.05. The first kappa shape index (κ1) is 7.21. The SMILES string of the molecule is CCC#CN1CC=C(C)C1. The largest absolute Gasteiger partial charge is 0.325 e. The van der Waals surface area contributed by atoms with Crippen molar-refractivity contribution in [1.82, 2.24) is 4.90 Å². The van der Waals surface area contributed by atoms with Crippen molar-refractivity contribution < 1.29 is 0 Å². The van der Waals surface area contributed by atoms with Crippen molar-refractivity contribution in [2.45, 2.75) is 20.3 Å². The maximum atomic E-state index is 3.09. The molecule has 1 aliphatic heterocycles. The molecule has 1 aliphatic rings. The van der Waals surface area contributed by atoms with E-state index in [1.54, 1.807) is 0 Å². The van der Waals surface area contributed by atoms with E-state index in [0.29, 0.717) is 0 Å². The Bertz CT molecular complexity index is 193. The van der Waals surface area contributed by atoms with Gasteiger partial charge in [0, 0.05) is 25.6 Å². The topological polar surface area (TPSA) is 3.24 Å². The van der Waals surface area contributed by atoms with Gasteiger partial charge in [0.15, 0.2) is 0 Å². The van der Waals surface area contributed by atoms with Crippen molar-refractivity contribution in [2.75, 3.05) is 13.1 Å². The zero-order valence-electron chi connectivity index (χ0n) is 6.65. The summed E-state index contributed by atoms with van der Waals surface area (Å²) in [6.07, 6.45) is 3.18. The van der Waals surface area contributed by atoms with Gasteiger partial charge in [-0.25, -0.2) is 0 Å². The van der Waals surface area contributed by atoms with Crippen molar-refractivity contribution in [3.8, 4) is 12.0 Å². The molecule has 0 aromatic carbocycles. The summed E-state index contributed by atoms with van der Waals surface area (Å²) in [5, 5.41) is 0. The van der Waals surface area contributed by atoms with E-state index < -0.39 is 0 Å². The van der Waals surface area contributed by atoms with E-state index in [-0.39, 0.29) is 0 Å². The molecule has 0 aromatic rings. The van der Waals surface area contributed by atoms with Crippen molar-refractivity contribution in [2.24, 2.45) is 0 Å². The maximum absolute atomic E-state index is 3.09. The maximum Gasteiger partial charge on any atom is 0.0472 e. The van der Waals surface area contributed by atoms with Crippen molar-refractivity contribution >= 4 is 0 Å². The Morgan fingerprint density at radius 2 is 2.50 bits per heavy atom. The van der Waals surface area contributed by atoms with Crippen LogP contribution < -0.4 is 0 Å². The Hall–Kier alpha value is -0.900. The van der Waals surface area contributed by atoms with Gasteiger partial charge < -0.3 is 4.90 Å². The fourth-order valence-corrected chi connectivity index (χ4v) is 0.972. The second-order valence-electron chi connectivity index (χ2n) is 2.57. The van der Waals surface area contributed by atoms with E-state index in [4.69, 9.17) is 0 Å². The minimum atomic E-state index is 0.954. The number of nitrogens with zero attached hydrogens (tertiary/aromatic N) is 1. The molecular formula is C9H13N. The van der Waals surface area contributed by atoms with Gasteiger partial charge in [0.2, 0.25) is 0 Å². The van der Waals surface area contributed by atoms with Crippen molar-refractivity contribution in [1.29, 1.82) is 0 Å². The Kier molecular flexibility index (Phi) is 2.39. The van der Waals surface area contributed by atoms with Crippen LogP contribution in [0.5, 0.6) is 0 Å². The molecule has 54 valence electrons. The summed E-state index contributed by atoms with van der Waals surface area (Å²) in [4.78, 5) is 2.14. The second-order valence-corrected chi connectivity index (χ2v) is 2.57. The van der Waals surface area contributed by atoms with Crippen molar-refractivity contribution in [3.05, 3.63) is 11.6 Å². The summed E-state index contributed by atoms with van der Waals surface area (Å²) in [7, 11) is 0. The van der Waals surface area contributed by atoms with Crippen LogP contribution in [0, 0.1) is 12.0 Å². The van der Waals surface area contributed by atoms with Gasteiger partial charge in [-0.3, -0.25) is 0 Å². The first-order valence-electron chi connectivity index (χ1n) is 3.72. The second kappa shape index (κ2) is 3.31. The molecule has 1 nitrogen and oxygen atoms in total. The lowest BCUT2D eigenvalue weighted by Gasteiger charge is -2.06. The third-order valence-corrected chi connectivity index (χ3v) is 1.51. The third kappa shape index (κ3) is 1.80. The molecular weight excluding hydrogens is 122 g/mol. The predicted molar refractivity (Wildman–Crippen MR) is 43.4 cm³/mol. The normalized spacial score (nSPS) is 16.2. The highest BCUT2D eigenvalue weighted by atomic mass is 15.1. The predicted octanol–water partition coefficient (Wildman–Crippen LogP) is 1.62. The molecule has 0 amide bonds. The average Bonchev–Trinajstić information content (AvgIpc) is 2.31. The summed E-state index contributed by atoms with van der Waals surface area (Å²) in [6, 6.07) is 3.09. The zero-order valence-corrected chi connectivity index (χ0v) is 6.65. The molecule has 1 heterocycles. The van der Waals surface area contributed by atoms with E-state index in [9.17, 15) is 0 Å². The molecule has 0 radical (unpaired) electrons. The van der Waals surface area contributed by atoms with Gasteiger partial charge in [0.05, 0.1) is 0 Å². The van der Waals surface area contributed by atoms with E-state index in [0.717, 1.165) is 19.5 Å². The van der Waals surface area contributed by atoms with Gasteiger partial charge in [-0.1, -0.05) is 24.5 Å². The molecule has 0 aliphatic carbocycles. The van der Waals surface area contributed by atoms with E-state index in [2.05, 4.69) is 36.8 Å². The molecule has 10 heavy (non-hydrogen) atoms. The lowest BCUT2D eigenvalue weighted by atomic mass is 10.3. The highest BCUT2D eigenvalue weighted by molar-refractivity contribution is 5.14. The first-order chi connectivity index (χ1) is 4.83. The van der Waals surface area contributed by atoms with E-state index in [1.807, 2.05) is 0 Å². The molecule has 0 aromatic heterocycles. The fourth-order valence-electron chi connectivity index (χ4n) is 0.972. The third-order valence-electron chi connectivity index (χ3n) is 1.51. The van der Waals surface area contributed by atoms with Crippen LogP contribution in [0.2, 0.25) is 0 Å². The summed E-state index contributed by atoms with van der Waals surface area (Å²) < 4.78 is 0. The Balaban J connectivity index is 2.36. The molecule has 0 bridgehead atoms. The molecule has 0 saturated heterocycles. The van der Waals surface area contributed by atoms with Crippen LogP contribution >= 0.6 is 0 Å². The molecule has 1 rings (SSSR count). The monoisotopic (exact) mass is 135 g/mol. The van der Waals surface area contributed by atoms with Crippen LogP contribution in [0.15, 0.2) is 11.6 Å². The fraction of sp³-hybridized carbons (Fsp3) is 0.556. The molecule has 0 N–H and O–H groups in total. The molecule has 0 unspecified atom stereocenters. The van der Waals surface area contributed by atoms with Crippen LogP contribution in [0.3, 0.4) is 0 Å². The molecule has 0 saturated carbocycles. The summed E-state index contributed by atoms with van der Waals surface area (Å²) in [6.45, 7) is 6.27. The lowest BCUT2D eigenvalue weighted by Crippen LogP contribution is -2.13. The van der Waals surface area contributed by atoms with Gasteiger partial charge in [-0.2, -0.15) is 0 Å². The first-order valence-corrected chi connectivity index (χ1v) is 3.72. The van der Waals surface area contributed by atoms with E-state index >= 15 is 0 Å².